The second-order valence-electron chi connectivity index (χ2n) is 6.00. The zero-order chi connectivity index (χ0) is 16.7. The molecule has 1 aromatic carbocycles. The molecule has 23 heavy (non-hydrogen) atoms. The lowest BCUT2D eigenvalue weighted by molar-refractivity contribution is -0.132. The molecule has 0 bridgehead atoms. The molecule has 1 aliphatic carbocycles. The Labute approximate surface area is 138 Å². The van der Waals surface area contributed by atoms with Gasteiger partial charge in [-0.3, -0.25) is 9.59 Å². The van der Waals surface area contributed by atoms with Gasteiger partial charge in [0, 0.05) is 25.9 Å². The average molecular weight is 318 g/mol. The van der Waals surface area contributed by atoms with Crippen molar-refractivity contribution >= 4 is 17.5 Å². The summed E-state index contributed by atoms with van der Waals surface area (Å²) in [7, 11) is 1.57. The molecule has 1 N–H and O–H groups in total. The van der Waals surface area contributed by atoms with Crippen LogP contribution in [-0.4, -0.2) is 36.4 Å². The van der Waals surface area contributed by atoms with Crippen LogP contribution in [0.3, 0.4) is 0 Å². The van der Waals surface area contributed by atoms with Gasteiger partial charge in [0.2, 0.25) is 11.8 Å². The number of hydrogen-bond acceptors (Lipinski definition) is 3. The van der Waals surface area contributed by atoms with E-state index in [1.807, 2.05) is 17.0 Å². The van der Waals surface area contributed by atoms with Crippen LogP contribution < -0.4 is 10.1 Å². The second-order valence-corrected chi connectivity index (χ2v) is 6.00. The number of rotatable bonds is 6. The van der Waals surface area contributed by atoms with Crippen molar-refractivity contribution in [2.45, 2.75) is 51.5 Å². The van der Waals surface area contributed by atoms with Gasteiger partial charge in [-0.05, 0) is 25.0 Å². The SMILES string of the molecule is COc1ccccc1NC(=O)CCN(C(C)=O)C1CCCCC1. The summed E-state index contributed by atoms with van der Waals surface area (Å²) in [6, 6.07) is 7.61. The lowest BCUT2D eigenvalue weighted by Crippen LogP contribution is -2.41. The Kier molecular flexibility index (Phi) is 6.44. The second kappa shape index (κ2) is 8.56. The lowest BCUT2D eigenvalue weighted by Gasteiger charge is -2.33. The third-order valence-corrected chi connectivity index (χ3v) is 4.38. The molecule has 5 heteroatoms. The van der Waals surface area contributed by atoms with Gasteiger partial charge in [0.25, 0.3) is 0 Å². The van der Waals surface area contributed by atoms with E-state index >= 15 is 0 Å². The molecule has 1 aliphatic rings. The van der Waals surface area contributed by atoms with Crippen molar-refractivity contribution in [2.75, 3.05) is 19.0 Å². The Morgan fingerprint density at radius 2 is 1.91 bits per heavy atom. The van der Waals surface area contributed by atoms with E-state index in [-0.39, 0.29) is 11.8 Å². The average Bonchev–Trinajstić information content (AvgIpc) is 2.56. The number of hydrogen-bond donors (Lipinski definition) is 1. The van der Waals surface area contributed by atoms with Crippen LogP contribution in [0.25, 0.3) is 0 Å². The van der Waals surface area contributed by atoms with E-state index in [4.69, 9.17) is 4.74 Å². The number of carbonyl (C=O) groups excluding carboxylic acids is 2. The molecule has 0 unspecified atom stereocenters. The molecule has 1 saturated carbocycles. The number of ether oxygens (including phenoxy) is 1. The number of benzene rings is 1. The van der Waals surface area contributed by atoms with Crippen molar-refractivity contribution in [1.82, 2.24) is 4.90 Å². The molecule has 126 valence electrons. The van der Waals surface area contributed by atoms with Crippen LogP contribution in [0.15, 0.2) is 24.3 Å². The summed E-state index contributed by atoms with van der Waals surface area (Å²) in [5, 5.41) is 2.86. The summed E-state index contributed by atoms with van der Waals surface area (Å²) in [6.45, 7) is 2.06. The Bertz CT molecular complexity index is 539. The molecule has 0 radical (unpaired) electrons. The third kappa shape index (κ3) is 4.98. The fourth-order valence-electron chi connectivity index (χ4n) is 3.17. The maximum Gasteiger partial charge on any atom is 0.226 e. The molecule has 0 saturated heterocycles. The minimum Gasteiger partial charge on any atom is -0.495 e. The van der Waals surface area contributed by atoms with Crippen molar-refractivity contribution in [2.24, 2.45) is 0 Å². The first-order valence-corrected chi connectivity index (χ1v) is 8.32. The van der Waals surface area contributed by atoms with Gasteiger partial charge in [0.15, 0.2) is 0 Å². The van der Waals surface area contributed by atoms with Gasteiger partial charge >= 0.3 is 0 Å². The molecule has 0 aromatic heterocycles. The topological polar surface area (TPSA) is 58.6 Å². The van der Waals surface area contributed by atoms with Gasteiger partial charge in [-0.1, -0.05) is 31.4 Å². The number of amides is 2. The van der Waals surface area contributed by atoms with Crippen molar-refractivity contribution in [1.29, 1.82) is 0 Å². The molecular formula is C18H26N2O3. The third-order valence-electron chi connectivity index (χ3n) is 4.38. The van der Waals surface area contributed by atoms with E-state index in [9.17, 15) is 9.59 Å². The maximum atomic E-state index is 12.2. The fraction of sp³-hybridized carbons (Fsp3) is 0.556. The number of methoxy groups -OCH3 is 1. The van der Waals surface area contributed by atoms with Gasteiger partial charge in [0.05, 0.1) is 12.8 Å². The molecule has 5 nitrogen and oxygen atoms in total. The largest absolute Gasteiger partial charge is 0.495 e. The van der Waals surface area contributed by atoms with Crippen molar-refractivity contribution < 1.29 is 14.3 Å². The number of nitrogens with one attached hydrogen (secondary N) is 1. The van der Waals surface area contributed by atoms with Crippen LogP contribution in [0.5, 0.6) is 5.75 Å². The van der Waals surface area contributed by atoms with E-state index in [0.29, 0.717) is 30.4 Å². The van der Waals surface area contributed by atoms with E-state index in [1.54, 1.807) is 26.2 Å². The van der Waals surface area contributed by atoms with E-state index in [2.05, 4.69) is 5.32 Å². The molecular weight excluding hydrogens is 292 g/mol. The highest BCUT2D eigenvalue weighted by atomic mass is 16.5. The lowest BCUT2D eigenvalue weighted by atomic mass is 9.94. The van der Waals surface area contributed by atoms with Crippen molar-refractivity contribution in [3.8, 4) is 5.75 Å². The van der Waals surface area contributed by atoms with Gasteiger partial charge in [0.1, 0.15) is 5.75 Å². The normalized spacial score (nSPS) is 15.0. The highest BCUT2D eigenvalue weighted by molar-refractivity contribution is 5.92. The van der Waals surface area contributed by atoms with Crippen LogP contribution >= 0.6 is 0 Å². The van der Waals surface area contributed by atoms with E-state index in [0.717, 1.165) is 12.8 Å². The predicted octanol–water partition coefficient (Wildman–Crippen LogP) is 3.21. The molecule has 2 rings (SSSR count). The monoisotopic (exact) mass is 318 g/mol. The Morgan fingerprint density at radius 1 is 1.22 bits per heavy atom. The first kappa shape index (κ1) is 17.3. The summed E-state index contributed by atoms with van der Waals surface area (Å²) >= 11 is 0. The highest BCUT2D eigenvalue weighted by Crippen LogP contribution is 2.24. The summed E-state index contributed by atoms with van der Waals surface area (Å²) in [5.74, 6) is 0.593. The predicted molar refractivity (Wildman–Crippen MR) is 90.5 cm³/mol. The number of carbonyl (C=O) groups is 2. The minimum absolute atomic E-state index is 0.0574. The van der Waals surface area contributed by atoms with Crippen LogP contribution in [0.1, 0.15) is 45.4 Å². The molecule has 0 atom stereocenters. The van der Waals surface area contributed by atoms with Crippen molar-refractivity contribution in [3.63, 3.8) is 0 Å². The summed E-state index contributed by atoms with van der Waals surface area (Å²) < 4.78 is 5.23. The Balaban J connectivity index is 1.89. The van der Waals surface area contributed by atoms with Crippen LogP contribution in [0.4, 0.5) is 5.69 Å². The van der Waals surface area contributed by atoms with Crippen molar-refractivity contribution in [3.05, 3.63) is 24.3 Å². The molecule has 1 aromatic rings. The molecule has 1 fully saturated rings. The van der Waals surface area contributed by atoms with Crippen LogP contribution in [0, 0.1) is 0 Å². The summed E-state index contributed by atoms with van der Waals surface area (Å²) in [4.78, 5) is 25.9. The quantitative estimate of drug-likeness (QED) is 0.876. The molecule has 2 amide bonds. The summed E-state index contributed by atoms with van der Waals surface area (Å²) in [5.41, 5.74) is 0.659. The summed E-state index contributed by atoms with van der Waals surface area (Å²) in [6.07, 6.45) is 5.98. The van der Waals surface area contributed by atoms with Crippen LogP contribution in [0.2, 0.25) is 0 Å². The fourth-order valence-corrected chi connectivity index (χ4v) is 3.17. The van der Waals surface area contributed by atoms with Crippen LogP contribution in [-0.2, 0) is 9.59 Å². The zero-order valence-corrected chi connectivity index (χ0v) is 14.0. The first-order valence-electron chi connectivity index (χ1n) is 8.32. The van der Waals surface area contributed by atoms with Gasteiger partial charge in [-0.25, -0.2) is 0 Å². The number of para-hydroxylation sites is 2. The van der Waals surface area contributed by atoms with E-state index in [1.165, 1.54) is 19.3 Å². The minimum atomic E-state index is -0.100. The number of nitrogens with zero attached hydrogens (tertiary/aromatic N) is 1. The molecule has 0 aliphatic heterocycles. The Hall–Kier alpha value is -2.04. The molecule has 0 spiro atoms. The van der Waals surface area contributed by atoms with Gasteiger partial charge in [-0.15, -0.1) is 0 Å². The van der Waals surface area contributed by atoms with Gasteiger partial charge in [-0.2, -0.15) is 0 Å². The van der Waals surface area contributed by atoms with Gasteiger partial charge < -0.3 is 15.0 Å². The zero-order valence-electron chi connectivity index (χ0n) is 14.0. The maximum absolute atomic E-state index is 12.2. The molecule has 0 heterocycles. The Morgan fingerprint density at radius 3 is 2.57 bits per heavy atom. The first-order chi connectivity index (χ1) is 11.1. The van der Waals surface area contributed by atoms with E-state index < -0.39 is 0 Å². The smallest absolute Gasteiger partial charge is 0.226 e. The highest BCUT2D eigenvalue weighted by Gasteiger charge is 2.23. The standard InChI is InChI=1S/C18H26N2O3/c1-14(21)20(15-8-4-3-5-9-15)13-12-18(22)19-16-10-6-7-11-17(16)23-2/h6-7,10-11,15H,3-5,8-9,12-13H2,1-2H3,(H,19,22). The number of anilines is 1.